The molecular formula is C21H28FNO. The van der Waals surface area contributed by atoms with Crippen molar-refractivity contribution < 1.29 is 9.13 Å². The minimum atomic E-state index is -0.232. The molecule has 0 saturated carbocycles. The Bertz CT molecular complexity index is 611. The molecule has 130 valence electrons. The van der Waals surface area contributed by atoms with E-state index in [9.17, 15) is 4.39 Å². The zero-order chi connectivity index (χ0) is 17.4. The van der Waals surface area contributed by atoms with E-state index in [1.54, 1.807) is 6.07 Å². The van der Waals surface area contributed by atoms with Crippen LogP contribution in [-0.2, 0) is 13.2 Å². The second-order valence-corrected chi connectivity index (χ2v) is 6.50. The largest absolute Gasteiger partial charge is 0.489 e. The van der Waals surface area contributed by atoms with Crippen molar-refractivity contribution in [3.63, 3.8) is 0 Å². The first-order chi connectivity index (χ1) is 11.6. The molecule has 2 atom stereocenters. The Kier molecular flexibility index (Phi) is 7.26. The smallest absolute Gasteiger partial charge is 0.123 e. The molecule has 0 aromatic heterocycles. The highest BCUT2D eigenvalue weighted by Gasteiger charge is 2.10. The van der Waals surface area contributed by atoms with Crippen LogP contribution in [0, 0.1) is 11.7 Å². The van der Waals surface area contributed by atoms with Gasteiger partial charge in [-0.05, 0) is 54.7 Å². The van der Waals surface area contributed by atoms with Gasteiger partial charge in [0.2, 0.25) is 0 Å². The standard InChI is InChI=1S/C21H28FNO/c1-4-6-16(2)17(3)23-14-18-9-11-21(12-10-18)24-15-19-7-5-8-20(22)13-19/h5,7-13,16-17,23H,4,6,14-15H2,1-3H3. The molecule has 0 saturated heterocycles. The summed E-state index contributed by atoms with van der Waals surface area (Å²) in [6.45, 7) is 8.01. The van der Waals surface area contributed by atoms with Gasteiger partial charge >= 0.3 is 0 Å². The Balaban J connectivity index is 1.80. The molecule has 0 bridgehead atoms. The Labute approximate surface area is 145 Å². The maximum Gasteiger partial charge on any atom is 0.123 e. The van der Waals surface area contributed by atoms with Crippen molar-refractivity contribution in [3.8, 4) is 5.75 Å². The van der Waals surface area contributed by atoms with Crippen LogP contribution in [0.2, 0.25) is 0 Å². The topological polar surface area (TPSA) is 21.3 Å². The number of nitrogens with one attached hydrogen (secondary N) is 1. The van der Waals surface area contributed by atoms with E-state index in [2.05, 4.69) is 38.2 Å². The molecule has 3 heteroatoms. The summed E-state index contributed by atoms with van der Waals surface area (Å²) >= 11 is 0. The number of benzene rings is 2. The van der Waals surface area contributed by atoms with Crippen LogP contribution in [0.15, 0.2) is 48.5 Å². The fraction of sp³-hybridized carbons (Fsp3) is 0.429. The van der Waals surface area contributed by atoms with Gasteiger partial charge in [-0.1, -0.05) is 44.5 Å². The average molecular weight is 329 g/mol. The van der Waals surface area contributed by atoms with Crippen LogP contribution in [0.25, 0.3) is 0 Å². The maximum atomic E-state index is 13.1. The van der Waals surface area contributed by atoms with Gasteiger partial charge in [0.1, 0.15) is 18.2 Å². The van der Waals surface area contributed by atoms with Gasteiger partial charge in [0.25, 0.3) is 0 Å². The third kappa shape index (κ3) is 5.97. The molecule has 1 N–H and O–H groups in total. The molecule has 0 aliphatic heterocycles. The van der Waals surface area contributed by atoms with Gasteiger partial charge in [0, 0.05) is 12.6 Å². The van der Waals surface area contributed by atoms with Gasteiger partial charge < -0.3 is 10.1 Å². The predicted molar refractivity (Wildman–Crippen MR) is 97.5 cm³/mol. The van der Waals surface area contributed by atoms with Crippen molar-refractivity contribution in [1.29, 1.82) is 0 Å². The van der Waals surface area contributed by atoms with Gasteiger partial charge in [-0.2, -0.15) is 0 Å². The summed E-state index contributed by atoms with van der Waals surface area (Å²) < 4.78 is 18.8. The van der Waals surface area contributed by atoms with Crippen molar-refractivity contribution in [1.82, 2.24) is 5.32 Å². The lowest BCUT2D eigenvalue weighted by Gasteiger charge is -2.21. The van der Waals surface area contributed by atoms with E-state index in [4.69, 9.17) is 4.74 Å². The second-order valence-electron chi connectivity index (χ2n) is 6.50. The number of hydrogen-bond acceptors (Lipinski definition) is 2. The Morgan fingerprint density at radius 3 is 2.46 bits per heavy atom. The van der Waals surface area contributed by atoms with E-state index in [0.29, 0.717) is 18.6 Å². The molecule has 0 aliphatic rings. The van der Waals surface area contributed by atoms with E-state index in [1.165, 1.54) is 30.5 Å². The number of halogens is 1. The zero-order valence-corrected chi connectivity index (χ0v) is 14.9. The lowest BCUT2D eigenvalue weighted by atomic mass is 9.98. The zero-order valence-electron chi connectivity index (χ0n) is 14.9. The second kappa shape index (κ2) is 9.43. The highest BCUT2D eigenvalue weighted by molar-refractivity contribution is 5.27. The number of ether oxygens (including phenoxy) is 1. The summed E-state index contributed by atoms with van der Waals surface area (Å²) in [6, 6.07) is 15.1. The van der Waals surface area contributed by atoms with Crippen LogP contribution in [0.5, 0.6) is 5.75 Å². The normalized spacial score (nSPS) is 13.5. The Hall–Kier alpha value is -1.87. The van der Waals surface area contributed by atoms with Gasteiger partial charge in [-0.3, -0.25) is 0 Å². The van der Waals surface area contributed by atoms with Crippen molar-refractivity contribution in [2.45, 2.75) is 52.8 Å². The van der Waals surface area contributed by atoms with Gasteiger partial charge in [-0.15, -0.1) is 0 Å². The predicted octanol–water partition coefficient (Wildman–Crippen LogP) is 5.32. The fourth-order valence-corrected chi connectivity index (χ4v) is 2.68. The summed E-state index contributed by atoms with van der Waals surface area (Å²) in [7, 11) is 0. The van der Waals surface area contributed by atoms with Crippen molar-refractivity contribution in [2.24, 2.45) is 5.92 Å². The Morgan fingerprint density at radius 1 is 1.04 bits per heavy atom. The summed E-state index contributed by atoms with van der Waals surface area (Å²) in [6.07, 6.45) is 2.48. The van der Waals surface area contributed by atoms with Crippen molar-refractivity contribution in [3.05, 3.63) is 65.5 Å². The van der Waals surface area contributed by atoms with Crippen molar-refractivity contribution >= 4 is 0 Å². The van der Waals surface area contributed by atoms with Crippen LogP contribution in [0.3, 0.4) is 0 Å². The number of rotatable bonds is 9. The van der Waals surface area contributed by atoms with Crippen LogP contribution >= 0.6 is 0 Å². The van der Waals surface area contributed by atoms with Gasteiger partial charge in [0.05, 0.1) is 0 Å². The molecule has 2 aromatic carbocycles. The highest BCUT2D eigenvalue weighted by Crippen LogP contribution is 2.16. The lowest BCUT2D eigenvalue weighted by Crippen LogP contribution is -2.31. The van der Waals surface area contributed by atoms with Crippen LogP contribution in [-0.4, -0.2) is 6.04 Å². The molecule has 24 heavy (non-hydrogen) atoms. The first-order valence-corrected chi connectivity index (χ1v) is 8.78. The third-order valence-corrected chi connectivity index (χ3v) is 4.44. The third-order valence-electron chi connectivity index (χ3n) is 4.44. The van der Waals surface area contributed by atoms with Gasteiger partial charge in [-0.25, -0.2) is 4.39 Å². The highest BCUT2D eigenvalue weighted by atomic mass is 19.1. The summed E-state index contributed by atoms with van der Waals surface area (Å²) in [5, 5.41) is 3.58. The molecule has 2 nitrogen and oxygen atoms in total. The molecule has 2 aromatic rings. The van der Waals surface area contributed by atoms with Gasteiger partial charge in [0.15, 0.2) is 0 Å². The monoisotopic (exact) mass is 329 g/mol. The minimum Gasteiger partial charge on any atom is -0.489 e. The van der Waals surface area contributed by atoms with E-state index >= 15 is 0 Å². The molecule has 0 amide bonds. The van der Waals surface area contributed by atoms with Crippen LogP contribution in [0.1, 0.15) is 44.7 Å². The summed E-state index contributed by atoms with van der Waals surface area (Å²) in [5.74, 6) is 1.25. The van der Waals surface area contributed by atoms with E-state index < -0.39 is 0 Å². The fourth-order valence-electron chi connectivity index (χ4n) is 2.68. The van der Waals surface area contributed by atoms with E-state index in [1.807, 2.05) is 18.2 Å². The summed E-state index contributed by atoms with van der Waals surface area (Å²) in [5.41, 5.74) is 2.07. The molecule has 2 unspecified atom stereocenters. The maximum absolute atomic E-state index is 13.1. The molecule has 2 rings (SSSR count). The quantitative estimate of drug-likeness (QED) is 0.672. The van der Waals surface area contributed by atoms with Crippen LogP contribution < -0.4 is 10.1 Å². The van der Waals surface area contributed by atoms with E-state index in [0.717, 1.165) is 17.9 Å². The molecular weight excluding hydrogens is 301 g/mol. The van der Waals surface area contributed by atoms with Crippen molar-refractivity contribution in [2.75, 3.05) is 0 Å². The number of hydrogen-bond donors (Lipinski definition) is 1. The minimum absolute atomic E-state index is 0.232. The van der Waals surface area contributed by atoms with Crippen LogP contribution in [0.4, 0.5) is 4.39 Å². The molecule has 0 spiro atoms. The first-order valence-electron chi connectivity index (χ1n) is 8.78. The lowest BCUT2D eigenvalue weighted by molar-refractivity contribution is 0.305. The summed E-state index contributed by atoms with van der Waals surface area (Å²) in [4.78, 5) is 0. The molecule has 0 radical (unpaired) electrons. The first kappa shape index (κ1) is 18.5. The Morgan fingerprint density at radius 2 is 1.79 bits per heavy atom. The molecule has 0 heterocycles. The molecule has 0 fully saturated rings. The molecule has 0 aliphatic carbocycles. The average Bonchev–Trinajstić information content (AvgIpc) is 2.59. The van der Waals surface area contributed by atoms with E-state index in [-0.39, 0.29) is 5.82 Å². The SMILES string of the molecule is CCCC(C)C(C)NCc1ccc(OCc2cccc(F)c2)cc1.